The summed E-state index contributed by atoms with van der Waals surface area (Å²) in [5.74, 6) is -2.35. The second-order valence-electron chi connectivity index (χ2n) is 7.32. The van der Waals surface area contributed by atoms with E-state index < -0.39 is 41.1 Å². The lowest BCUT2D eigenvalue weighted by Crippen LogP contribution is -2.31. The number of carbonyl (C=O) groups is 2. The molecule has 0 radical (unpaired) electrons. The Morgan fingerprint density at radius 3 is 2.24 bits per heavy atom. The molecule has 0 aliphatic carbocycles. The Balaban J connectivity index is 2.15. The van der Waals surface area contributed by atoms with Crippen molar-refractivity contribution in [2.24, 2.45) is 5.92 Å². The van der Waals surface area contributed by atoms with Crippen LogP contribution in [0.4, 0.5) is 18.9 Å². The van der Waals surface area contributed by atoms with E-state index in [-0.39, 0.29) is 11.3 Å². The highest BCUT2D eigenvalue weighted by atomic mass is 19.4. The fourth-order valence-corrected chi connectivity index (χ4v) is 3.40. The van der Waals surface area contributed by atoms with Gasteiger partial charge in [-0.15, -0.1) is 0 Å². The number of nitrogens with zero attached hydrogens (tertiary/aromatic N) is 1. The van der Waals surface area contributed by atoms with Crippen LogP contribution in [0.25, 0.3) is 0 Å². The van der Waals surface area contributed by atoms with Gasteiger partial charge in [-0.3, -0.25) is 14.5 Å². The molecule has 1 aliphatic heterocycles. The third-order valence-corrected chi connectivity index (χ3v) is 4.83. The fourth-order valence-electron chi connectivity index (χ4n) is 3.40. The number of alkyl halides is 3. The van der Waals surface area contributed by atoms with E-state index in [1.807, 2.05) is 13.0 Å². The van der Waals surface area contributed by atoms with Gasteiger partial charge in [0, 0.05) is 11.6 Å². The van der Waals surface area contributed by atoms with E-state index in [0.717, 1.165) is 17.7 Å². The molecule has 1 amide bonds. The number of aryl methyl sites for hydroxylation is 1. The Labute approximate surface area is 166 Å². The molecule has 1 aliphatic rings. The highest BCUT2D eigenvalue weighted by Crippen LogP contribution is 2.42. The Morgan fingerprint density at radius 1 is 1.10 bits per heavy atom. The van der Waals surface area contributed by atoms with Crippen LogP contribution in [0.2, 0.25) is 0 Å². The summed E-state index contributed by atoms with van der Waals surface area (Å²) in [6.45, 7) is 5.15. The second-order valence-corrected chi connectivity index (χ2v) is 7.32. The Bertz CT molecular complexity index is 991. The number of aliphatic hydroxyl groups excluding tert-OH is 1. The number of Topliss-reactive ketones (excluding diaryl/α,β-unsaturated/α-hetero) is 1. The van der Waals surface area contributed by atoms with Gasteiger partial charge in [-0.05, 0) is 36.8 Å². The minimum absolute atomic E-state index is 0.0458. The zero-order valence-electron chi connectivity index (χ0n) is 16.1. The lowest BCUT2D eigenvalue weighted by Gasteiger charge is -2.28. The molecule has 0 fully saturated rings. The molecule has 0 saturated carbocycles. The first-order valence-electron chi connectivity index (χ1n) is 9.07. The van der Waals surface area contributed by atoms with Gasteiger partial charge in [-0.2, -0.15) is 13.2 Å². The van der Waals surface area contributed by atoms with Crippen molar-refractivity contribution in [3.63, 3.8) is 0 Å². The van der Waals surface area contributed by atoms with E-state index in [1.54, 1.807) is 32.0 Å². The van der Waals surface area contributed by atoms with E-state index in [2.05, 4.69) is 0 Å². The number of ketones is 1. The molecule has 3 rings (SSSR count). The van der Waals surface area contributed by atoms with Gasteiger partial charge in [0.1, 0.15) is 0 Å². The van der Waals surface area contributed by atoms with E-state index in [1.165, 1.54) is 17.0 Å². The molecule has 29 heavy (non-hydrogen) atoms. The number of carbonyl (C=O) groups excluding carboxylic acids is 2. The third kappa shape index (κ3) is 3.77. The van der Waals surface area contributed by atoms with Crippen LogP contribution in [0, 0.1) is 12.8 Å². The van der Waals surface area contributed by atoms with Crippen molar-refractivity contribution in [1.29, 1.82) is 0 Å². The number of amides is 1. The maximum Gasteiger partial charge on any atom is 0.416 e. The summed E-state index contributed by atoms with van der Waals surface area (Å²) in [5.41, 5.74) is 0.732. The second kappa shape index (κ2) is 7.39. The maximum absolute atomic E-state index is 12.9. The largest absolute Gasteiger partial charge is 0.503 e. The third-order valence-electron chi connectivity index (χ3n) is 4.83. The number of hydrogen-bond donors (Lipinski definition) is 1. The Hall–Kier alpha value is -3.09. The number of rotatable bonds is 4. The lowest BCUT2D eigenvalue weighted by molar-refractivity contribution is -0.137. The minimum Gasteiger partial charge on any atom is -0.503 e. The van der Waals surface area contributed by atoms with Crippen LogP contribution in [0.3, 0.4) is 0 Å². The summed E-state index contributed by atoms with van der Waals surface area (Å²) in [4.78, 5) is 26.8. The van der Waals surface area contributed by atoms with Crippen LogP contribution < -0.4 is 4.90 Å². The summed E-state index contributed by atoms with van der Waals surface area (Å²) in [6.07, 6.45) is -4.51. The number of halogens is 3. The minimum atomic E-state index is -4.51. The predicted molar refractivity (Wildman–Crippen MR) is 102 cm³/mol. The monoisotopic (exact) mass is 403 g/mol. The molecular weight excluding hydrogens is 383 g/mol. The molecule has 2 aromatic rings. The summed E-state index contributed by atoms with van der Waals surface area (Å²) in [6, 6.07) is 10.2. The summed E-state index contributed by atoms with van der Waals surface area (Å²) in [7, 11) is 0. The van der Waals surface area contributed by atoms with Crippen LogP contribution in [-0.4, -0.2) is 16.8 Å². The highest BCUT2D eigenvalue weighted by molar-refractivity contribution is 6.16. The molecule has 152 valence electrons. The normalized spacial score (nSPS) is 17.4. The molecule has 0 bridgehead atoms. The van der Waals surface area contributed by atoms with Crippen LogP contribution in [0.15, 0.2) is 59.9 Å². The van der Waals surface area contributed by atoms with Gasteiger partial charge in [0.2, 0.25) is 0 Å². The van der Waals surface area contributed by atoms with Crippen molar-refractivity contribution in [1.82, 2.24) is 0 Å². The van der Waals surface area contributed by atoms with Crippen LogP contribution in [-0.2, 0) is 15.8 Å². The first kappa shape index (κ1) is 20.6. The maximum atomic E-state index is 12.9. The molecular formula is C22H20F3NO3. The molecule has 0 aromatic heterocycles. The summed E-state index contributed by atoms with van der Waals surface area (Å²) < 4.78 is 38.7. The predicted octanol–water partition coefficient (Wildman–Crippen LogP) is 5.14. The number of benzene rings is 2. The smallest absolute Gasteiger partial charge is 0.416 e. The van der Waals surface area contributed by atoms with E-state index in [4.69, 9.17) is 0 Å². The van der Waals surface area contributed by atoms with Crippen LogP contribution >= 0.6 is 0 Å². The van der Waals surface area contributed by atoms with Gasteiger partial charge in [-0.1, -0.05) is 43.7 Å². The van der Waals surface area contributed by atoms with Crippen molar-refractivity contribution < 1.29 is 27.9 Å². The zero-order valence-corrected chi connectivity index (χ0v) is 16.1. The SMILES string of the molecule is Cc1cccc(C2C(C(=O)C(C)C)=C(O)C(=O)N2c2ccc(C(F)(F)F)cc2)c1. The molecule has 1 unspecified atom stereocenters. The van der Waals surface area contributed by atoms with Crippen molar-refractivity contribution in [2.45, 2.75) is 33.0 Å². The van der Waals surface area contributed by atoms with Crippen molar-refractivity contribution in [3.8, 4) is 0 Å². The number of aliphatic hydroxyl groups is 1. The highest BCUT2D eigenvalue weighted by Gasteiger charge is 2.45. The van der Waals surface area contributed by atoms with Crippen LogP contribution in [0.5, 0.6) is 0 Å². The average molecular weight is 403 g/mol. The summed E-state index contributed by atoms with van der Waals surface area (Å²) in [5, 5.41) is 10.5. The lowest BCUT2D eigenvalue weighted by atomic mass is 9.90. The van der Waals surface area contributed by atoms with Gasteiger partial charge in [0.05, 0.1) is 17.2 Å². The average Bonchev–Trinajstić information content (AvgIpc) is 2.91. The Kier molecular flexibility index (Phi) is 5.26. The van der Waals surface area contributed by atoms with Gasteiger partial charge in [-0.25, -0.2) is 0 Å². The zero-order chi connectivity index (χ0) is 21.5. The first-order valence-corrected chi connectivity index (χ1v) is 9.07. The van der Waals surface area contributed by atoms with E-state index in [0.29, 0.717) is 5.56 Å². The van der Waals surface area contributed by atoms with Gasteiger partial charge >= 0.3 is 6.18 Å². The van der Waals surface area contributed by atoms with Crippen molar-refractivity contribution in [2.75, 3.05) is 4.90 Å². The van der Waals surface area contributed by atoms with Crippen LogP contribution in [0.1, 0.15) is 36.6 Å². The topological polar surface area (TPSA) is 57.6 Å². The molecule has 0 spiro atoms. The molecule has 0 saturated heterocycles. The van der Waals surface area contributed by atoms with Crippen molar-refractivity contribution in [3.05, 3.63) is 76.6 Å². The molecule has 1 atom stereocenters. The molecule has 1 heterocycles. The number of hydrogen-bond acceptors (Lipinski definition) is 3. The standard InChI is InChI=1S/C22H20F3NO3/c1-12(2)19(27)17-18(14-6-4-5-13(3)11-14)26(21(29)20(17)28)16-9-7-15(8-10-16)22(23,24)25/h4-12,18,28H,1-3H3. The van der Waals surface area contributed by atoms with E-state index >= 15 is 0 Å². The molecule has 7 heteroatoms. The van der Waals surface area contributed by atoms with Gasteiger partial charge < -0.3 is 5.11 Å². The molecule has 1 N–H and O–H groups in total. The first-order chi connectivity index (χ1) is 13.5. The fraction of sp³-hybridized carbons (Fsp3) is 0.273. The summed E-state index contributed by atoms with van der Waals surface area (Å²) >= 11 is 0. The molecule has 4 nitrogen and oxygen atoms in total. The quantitative estimate of drug-likeness (QED) is 0.769. The van der Waals surface area contributed by atoms with Gasteiger partial charge in [0.15, 0.2) is 11.5 Å². The van der Waals surface area contributed by atoms with E-state index in [9.17, 15) is 27.9 Å². The van der Waals surface area contributed by atoms with Crippen molar-refractivity contribution >= 4 is 17.4 Å². The molecule has 2 aromatic carbocycles. The van der Waals surface area contributed by atoms with Gasteiger partial charge in [0.25, 0.3) is 5.91 Å². The number of anilines is 1. The Morgan fingerprint density at radius 2 is 1.72 bits per heavy atom.